The number of carbonyl (C=O) groups excluding carboxylic acids is 1. The van der Waals surface area contributed by atoms with Crippen LogP contribution in [0.25, 0.3) is 5.52 Å². The number of likely N-dealkylation sites (tertiary alicyclic amines) is 1. The van der Waals surface area contributed by atoms with E-state index in [1.165, 1.54) is 24.9 Å². The van der Waals surface area contributed by atoms with Gasteiger partial charge in [0, 0.05) is 38.1 Å². The zero-order chi connectivity index (χ0) is 14.9. The van der Waals surface area contributed by atoms with Gasteiger partial charge in [0.25, 0.3) is 5.91 Å². The standard InChI is InChI=1S/C17H22N4O/c22-17(20-9-2-1-3-10-20)15-13-18-21-11-6-14(12-16(15)21)19-7-4-5-8-19/h6,11-13H,1-5,7-10H2. The van der Waals surface area contributed by atoms with Gasteiger partial charge in [-0.15, -0.1) is 0 Å². The Morgan fingerprint density at radius 2 is 1.73 bits per heavy atom. The van der Waals surface area contributed by atoms with Gasteiger partial charge < -0.3 is 9.80 Å². The largest absolute Gasteiger partial charge is 0.371 e. The van der Waals surface area contributed by atoms with E-state index in [2.05, 4.69) is 22.1 Å². The minimum absolute atomic E-state index is 0.133. The van der Waals surface area contributed by atoms with Gasteiger partial charge in [0.05, 0.1) is 17.3 Å². The van der Waals surface area contributed by atoms with Gasteiger partial charge in [-0.1, -0.05) is 0 Å². The second kappa shape index (κ2) is 5.63. The summed E-state index contributed by atoms with van der Waals surface area (Å²) >= 11 is 0. The quantitative estimate of drug-likeness (QED) is 0.855. The van der Waals surface area contributed by atoms with Crippen molar-refractivity contribution < 1.29 is 4.79 Å². The van der Waals surface area contributed by atoms with E-state index in [0.717, 1.165) is 50.1 Å². The van der Waals surface area contributed by atoms with Crippen molar-refractivity contribution in [2.24, 2.45) is 0 Å². The Morgan fingerprint density at radius 1 is 1.00 bits per heavy atom. The molecule has 116 valence electrons. The lowest BCUT2D eigenvalue weighted by Crippen LogP contribution is -2.35. The molecule has 0 aliphatic carbocycles. The maximum Gasteiger partial charge on any atom is 0.257 e. The fourth-order valence-corrected chi connectivity index (χ4v) is 3.57. The van der Waals surface area contributed by atoms with Crippen LogP contribution < -0.4 is 4.90 Å². The number of hydrogen-bond donors (Lipinski definition) is 0. The van der Waals surface area contributed by atoms with Gasteiger partial charge in [-0.05, 0) is 44.2 Å². The summed E-state index contributed by atoms with van der Waals surface area (Å²) in [6, 6.07) is 4.22. The van der Waals surface area contributed by atoms with E-state index >= 15 is 0 Å². The first-order chi connectivity index (χ1) is 10.8. The van der Waals surface area contributed by atoms with Crippen LogP contribution in [0.5, 0.6) is 0 Å². The molecule has 2 aliphatic heterocycles. The molecular formula is C17H22N4O. The Kier molecular flexibility index (Phi) is 3.48. The highest BCUT2D eigenvalue weighted by atomic mass is 16.2. The Morgan fingerprint density at radius 3 is 2.50 bits per heavy atom. The topological polar surface area (TPSA) is 40.9 Å². The Hall–Kier alpha value is -2.04. The van der Waals surface area contributed by atoms with Crippen molar-refractivity contribution in [1.82, 2.24) is 14.5 Å². The zero-order valence-electron chi connectivity index (χ0n) is 12.9. The number of hydrogen-bond acceptors (Lipinski definition) is 3. The summed E-state index contributed by atoms with van der Waals surface area (Å²) < 4.78 is 1.82. The average molecular weight is 298 g/mol. The van der Waals surface area contributed by atoms with Gasteiger partial charge in [0.2, 0.25) is 0 Å². The van der Waals surface area contributed by atoms with Crippen molar-refractivity contribution in [3.63, 3.8) is 0 Å². The molecule has 0 atom stereocenters. The molecule has 22 heavy (non-hydrogen) atoms. The predicted octanol–water partition coefficient (Wildman–Crippen LogP) is 2.56. The molecule has 5 heteroatoms. The van der Waals surface area contributed by atoms with Gasteiger partial charge >= 0.3 is 0 Å². The van der Waals surface area contributed by atoms with Crippen LogP contribution in [-0.2, 0) is 0 Å². The van der Waals surface area contributed by atoms with Crippen LogP contribution in [0.15, 0.2) is 24.5 Å². The van der Waals surface area contributed by atoms with E-state index in [1.54, 1.807) is 6.20 Å². The maximum atomic E-state index is 12.8. The molecule has 0 saturated carbocycles. The SMILES string of the molecule is O=C(c1cnn2ccc(N3CCCC3)cc12)N1CCCCC1. The van der Waals surface area contributed by atoms with Gasteiger partial charge in [0.15, 0.2) is 0 Å². The summed E-state index contributed by atoms with van der Waals surface area (Å²) in [5.74, 6) is 0.133. The number of nitrogens with zero attached hydrogens (tertiary/aromatic N) is 4. The van der Waals surface area contributed by atoms with Crippen molar-refractivity contribution in [1.29, 1.82) is 0 Å². The van der Waals surface area contributed by atoms with Crippen LogP contribution in [0.4, 0.5) is 5.69 Å². The number of fused-ring (bicyclic) bond motifs is 1. The van der Waals surface area contributed by atoms with E-state index in [0.29, 0.717) is 0 Å². The molecule has 0 N–H and O–H groups in total. The lowest BCUT2D eigenvalue weighted by atomic mass is 10.1. The van der Waals surface area contributed by atoms with Crippen LogP contribution in [0.1, 0.15) is 42.5 Å². The number of aromatic nitrogens is 2. The van der Waals surface area contributed by atoms with Crippen molar-refractivity contribution in [3.05, 3.63) is 30.1 Å². The van der Waals surface area contributed by atoms with Crippen LogP contribution >= 0.6 is 0 Å². The van der Waals surface area contributed by atoms with Gasteiger partial charge in [0.1, 0.15) is 0 Å². The molecule has 5 nitrogen and oxygen atoms in total. The Labute approximate surface area is 130 Å². The molecular weight excluding hydrogens is 276 g/mol. The number of piperidine rings is 1. The zero-order valence-corrected chi connectivity index (χ0v) is 12.9. The number of carbonyl (C=O) groups is 1. The fraction of sp³-hybridized carbons (Fsp3) is 0.529. The minimum Gasteiger partial charge on any atom is -0.371 e. The summed E-state index contributed by atoms with van der Waals surface area (Å²) in [5.41, 5.74) is 2.88. The van der Waals surface area contributed by atoms with Crippen LogP contribution in [0.3, 0.4) is 0 Å². The first-order valence-electron chi connectivity index (χ1n) is 8.34. The van der Waals surface area contributed by atoms with E-state index in [1.807, 2.05) is 15.6 Å². The second-order valence-electron chi connectivity index (χ2n) is 6.32. The van der Waals surface area contributed by atoms with Crippen molar-refractivity contribution in [2.75, 3.05) is 31.1 Å². The highest BCUT2D eigenvalue weighted by Crippen LogP contribution is 2.24. The predicted molar refractivity (Wildman–Crippen MR) is 86.4 cm³/mol. The van der Waals surface area contributed by atoms with E-state index in [9.17, 15) is 4.79 Å². The first-order valence-corrected chi connectivity index (χ1v) is 8.34. The fourth-order valence-electron chi connectivity index (χ4n) is 3.57. The van der Waals surface area contributed by atoms with Gasteiger partial charge in [-0.3, -0.25) is 4.79 Å². The van der Waals surface area contributed by atoms with Gasteiger partial charge in [-0.25, -0.2) is 4.52 Å². The number of rotatable bonds is 2. The van der Waals surface area contributed by atoms with E-state index in [-0.39, 0.29) is 5.91 Å². The molecule has 2 aliphatic rings. The summed E-state index contributed by atoms with van der Waals surface area (Å²) in [7, 11) is 0. The Balaban J connectivity index is 1.67. The van der Waals surface area contributed by atoms with Crippen molar-refractivity contribution in [2.45, 2.75) is 32.1 Å². The van der Waals surface area contributed by atoms with Crippen LogP contribution in [-0.4, -0.2) is 46.6 Å². The third-order valence-corrected chi connectivity index (χ3v) is 4.85. The Bertz CT molecular complexity index is 681. The molecule has 0 radical (unpaired) electrons. The van der Waals surface area contributed by atoms with Gasteiger partial charge in [-0.2, -0.15) is 5.10 Å². The maximum absolute atomic E-state index is 12.8. The summed E-state index contributed by atoms with van der Waals surface area (Å²) in [6.07, 6.45) is 9.66. The molecule has 4 heterocycles. The molecule has 2 aromatic heterocycles. The lowest BCUT2D eigenvalue weighted by molar-refractivity contribution is 0.0726. The molecule has 2 fully saturated rings. The second-order valence-corrected chi connectivity index (χ2v) is 6.32. The monoisotopic (exact) mass is 298 g/mol. The first kappa shape index (κ1) is 13.6. The third-order valence-electron chi connectivity index (χ3n) is 4.85. The molecule has 0 unspecified atom stereocenters. The smallest absolute Gasteiger partial charge is 0.257 e. The minimum atomic E-state index is 0.133. The molecule has 0 aromatic carbocycles. The molecule has 0 bridgehead atoms. The number of amides is 1. The average Bonchev–Trinajstić information content (AvgIpc) is 3.24. The van der Waals surface area contributed by atoms with E-state index < -0.39 is 0 Å². The molecule has 2 aromatic rings. The molecule has 1 amide bonds. The highest BCUT2D eigenvalue weighted by molar-refractivity contribution is 6.01. The summed E-state index contributed by atoms with van der Waals surface area (Å²) in [4.78, 5) is 17.1. The molecule has 0 spiro atoms. The number of anilines is 1. The summed E-state index contributed by atoms with van der Waals surface area (Å²) in [6.45, 7) is 3.98. The third kappa shape index (κ3) is 2.34. The van der Waals surface area contributed by atoms with Crippen molar-refractivity contribution >= 4 is 17.1 Å². The van der Waals surface area contributed by atoms with Crippen molar-refractivity contribution in [3.8, 4) is 0 Å². The van der Waals surface area contributed by atoms with E-state index in [4.69, 9.17) is 0 Å². The van der Waals surface area contributed by atoms with Crippen LogP contribution in [0, 0.1) is 0 Å². The van der Waals surface area contributed by atoms with Crippen LogP contribution in [0.2, 0.25) is 0 Å². The lowest BCUT2D eigenvalue weighted by Gasteiger charge is -2.26. The summed E-state index contributed by atoms with van der Waals surface area (Å²) in [5, 5.41) is 4.35. The molecule has 4 rings (SSSR count). The normalized spacial score (nSPS) is 19.1. The number of pyridine rings is 1. The highest BCUT2D eigenvalue weighted by Gasteiger charge is 2.22. The molecule has 2 saturated heterocycles.